The van der Waals surface area contributed by atoms with E-state index in [1.165, 1.54) is 78.2 Å². The van der Waals surface area contributed by atoms with Crippen LogP contribution in [0.4, 0.5) is 0 Å². The fraction of sp³-hybridized carbons (Fsp3) is 0.829. The van der Waals surface area contributed by atoms with Crippen LogP contribution in [0.2, 0.25) is 0 Å². The third-order valence-corrected chi connectivity index (χ3v) is 20.5. The van der Waals surface area contributed by atoms with Crippen LogP contribution in [-0.2, 0) is 144 Å². The molecule has 0 bridgehead atoms. The van der Waals surface area contributed by atoms with Crippen LogP contribution in [0.1, 0.15) is 24.3 Å². The molecule has 10 rings (SSSR count). The Balaban J connectivity index is 0.807. The molecule has 0 radical (unpaired) electrons. The fourth-order valence-corrected chi connectivity index (χ4v) is 15.3. The van der Waals surface area contributed by atoms with Gasteiger partial charge in [-0.3, -0.25) is 0 Å². The molecule has 16 unspecified atom stereocenters. The average Bonchev–Trinajstić information content (AvgIpc) is 0.769. The summed E-state index contributed by atoms with van der Waals surface area (Å²) in [6, 6.07) is 18.8. The summed E-state index contributed by atoms with van der Waals surface area (Å²) in [4.78, 5) is 0. The van der Waals surface area contributed by atoms with E-state index in [1.807, 2.05) is 43.3 Å². The van der Waals surface area contributed by atoms with E-state index >= 15 is 0 Å². The summed E-state index contributed by atoms with van der Waals surface area (Å²) in [6.45, 7) is 0.554. The van der Waals surface area contributed by atoms with Gasteiger partial charge in [-0.25, -0.2) is 0 Å². The third kappa shape index (κ3) is 18.9. The molecular weight excluding hydrogens is 1400 g/mol. The maximum absolute atomic E-state index is 11.7. The van der Waals surface area contributed by atoms with Crippen LogP contribution in [0.15, 0.2) is 60.7 Å². The molecule has 8 fully saturated rings. The Kier molecular flexibility index (Phi) is 32.6. The van der Waals surface area contributed by atoms with E-state index in [1.54, 1.807) is 38.5 Å². The summed E-state index contributed by atoms with van der Waals surface area (Å²) in [5.74, 6) is 0. The van der Waals surface area contributed by atoms with Crippen LogP contribution >= 0.6 is 0 Å². The van der Waals surface area contributed by atoms with Crippen molar-refractivity contribution in [2.24, 2.45) is 0 Å². The number of benzene rings is 2. The van der Waals surface area contributed by atoms with Crippen molar-refractivity contribution in [3.8, 4) is 0 Å². The predicted octanol–water partition coefficient (Wildman–Crippen LogP) is -1.72. The summed E-state index contributed by atoms with van der Waals surface area (Å²) in [5.41, 5.74) is 1.67. The Morgan fingerprint density at radius 1 is 0.333 bits per heavy atom. The average molecular weight is 1510 g/mol. The first-order valence-corrected chi connectivity index (χ1v) is 35.1. The highest BCUT2D eigenvalue weighted by Crippen LogP contribution is 2.42. The minimum Gasteiger partial charge on any atom is -0.394 e. The zero-order valence-corrected chi connectivity index (χ0v) is 61.7. The highest BCUT2D eigenvalue weighted by atomic mass is 16.8. The molecule has 0 saturated carbocycles. The first kappa shape index (κ1) is 84.5. The summed E-state index contributed by atoms with van der Waals surface area (Å²) in [6.07, 6.45) is -41.5. The molecule has 2 aromatic carbocycles. The molecule has 2 aromatic rings. The van der Waals surface area contributed by atoms with E-state index in [9.17, 15) is 30.6 Å². The second-order valence-electron chi connectivity index (χ2n) is 26.6. The SMILES string of the molecule is COCC1O[C@@H](O[C@H]2C(OC)C(OC)[C@@H](O[C@H]3C(OC)C(OC)[C@@H](O[C@H]4C(COCc5ccccc5)O[C@@H](C)C(OC)[C@H]4OC)O[C@@H]3COC)O[C@@H]2COC)C(OC)[C@@H](OC)[C@H]1O[C@@H]1OC(CO)[C@H](O[C@H]2O[C@H](CO)[C@@H](O[C@H]3O[C@H]4COC(c5ccccc5)OC4C(O)C3O)C(O)C2O)[C@H](OC)C1OC. The second-order valence-corrected chi connectivity index (χ2v) is 26.6. The molecule has 8 heterocycles. The molecular formula is C70H110O35. The van der Waals surface area contributed by atoms with E-state index in [4.69, 9.17) is 137 Å². The molecule has 0 amide bonds. The van der Waals surface area contributed by atoms with Gasteiger partial charge in [0.25, 0.3) is 0 Å². The van der Waals surface area contributed by atoms with Crippen molar-refractivity contribution in [2.45, 2.75) is 235 Å². The van der Waals surface area contributed by atoms with Gasteiger partial charge in [-0.15, -0.1) is 0 Å². The number of methoxy groups -OCH3 is 13. The highest BCUT2D eigenvalue weighted by molar-refractivity contribution is 5.17. The van der Waals surface area contributed by atoms with Crippen molar-refractivity contribution in [2.75, 3.05) is 139 Å². The van der Waals surface area contributed by atoms with E-state index in [0.29, 0.717) is 12.2 Å². The topological polar surface area (TPSA) is 389 Å². The molecule has 8 aliphatic heterocycles. The van der Waals surface area contributed by atoms with Gasteiger partial charge in [0.2, 0.25) is 0 Å². The largest absolute Gasteiger partial charge is 0.394 e. The van der Waals surface area contributed by atoms with Gasteiger partial charge in [0.1, 0.15) is 171 Å². The third-order valence-electron chi connectivity index (χ3n) is 20.5. The monoisotopic (exact) mass is 1510 g/mol. The van der Waals surface area contributed by atoms with Gasteiger partial charge < -0.3 is 168 Å². The highest BCUT2D eigenvalue weighted by Gasteiger charge is 2.61. The normalized spacial score (nSPS) is 44.1. The van der Waals surface area contributed by atoms with Gasteiger partial charge in [0.05, 0.1) is 59.0 Å². The van der Waals surface area contributed by atoms with Crippen molar-refractivity contribution < 1.29 is 168 Å². The van der Waals surface area contributed by atoms with Crippen LogP contribution in [0.5, 0.6) is 0 Å². The minimum absolute atomic E-state index is 0.0142. The van der Waals surface area contributed by atoms with Crippen LogP contribution in [0.25, 0.3) is 0 Å². The van der Waals surface area contributed by atoms with Gasteiger partial charge in [0.15, 0.2) is 44.0 Å². The molecule has 0 aliphatic carbocycles. The zero-order chi connectivity index (χ0) is 75.2. The zero-order valence-electron chi connectivity index (χ0n) is 61.7. The molecule has 600 valence electrons. The number of rotatable bonds is 35. The lowest BCUT2D eigenvalue weighted by molar-refractivity contribution is -0.404. The van der Waals surface area contributed by atoms with Crippen molar-refractivity contribution in [1.82, 2.24) is 0 Å². The van der Waals surface area contributed by atoms with Crippen molar-refractivity contribution >= 4 is 0 Å². The Bertz CT molecular complexity index is 2780. The number of hydrogen-bond donors (Lipinski definition) is 6. The Morgan fingerprint density at radius 3 is 1.10 bits per heavy atom. The lowest BCUT2D eigenvalue weighted by Crippen LogP contribution is -2.69. The molecule has 6 N–H and O–H groups in total. The van der Waals surface area contributed by atoms with E-state index < -0.39 is 234 Å². The smallest absolute Gasteiger partial charge is 0.187 e. The maximum atomic E-state index is 11.7. The van der Waals surface area contributed by atoms with Crippen molar-refractivity contribution in [1.29, 1.82) is 0 Å². The lowest BCUT2D eigenvalue weighted by atomic mass is 9.94. The molecule has 0 spiro atoms. The lowest BCUT2D eigenvalue weighted by Gasteiger charge is -2.52. The van der Waals surface area contributed by atoms with Crippen LogP contribution < -0.4 is 0 Å². The van der Waals surface area contributed by atoms with Gasteiger partial charge in [-0.1, -0.05) is 60.7 Å². The molecule has 0 aromatic heterocycles. The Morgan fingerprint density at radius 2 is 0.676 bits per heavy atom. The summed E-state index contributed by atoms with van der Waals surface area (Å²) in [5, 5.41) is 67.7. The minimum atomic E-state index is -1.92. The van der Waals surface area contributed by atoms with Crippen molar-refractivity contribution in [3.05, 3.63) is 71.8 Å². The second kappa shape index (κ2) is 40.5. The molecule has 105 heavy (non-hydrogen) atoms. The quantitative estimate of drug-likeness (QED) is 0.0447. The number of fused-ring (bicyclic) bond motifs is 1. The van der Waals surface area contributed by atoms with E-state index in [2.05, 4.69) is 0 Å². The van der Waals surface area contributed by atoms with Crippen LogP contribution in [-0.4, -0.2) is 384 Å². The molecule has 8 aliphatic rings. The van der Waals surface area contributed by atoms with Gasteiger partial charge in [-0.05, 0) is 12.5 Å². The fourth-order valence-electron chi connectivity index (χ4n) is 15.3. The van der Waals surface area contributed by atoms with Crippen molar-refractivity contribution in [3.63, 3.8) is 0 Å². The maximum Gasteiger partial charge on any atom is 0.187 e. The van der Waals surface area contributed by atoms with Gasteiger partial charge in [-0.2, -0.15) is 0 Å². The van der Waals surface area contributed by atoms with E-state index in [-0.39, 0.29) is 33.0 Å². The van der Waals surface area contributed by atoms with E-state index in [0.717, 1.165) is 5.56 Å². The van der Waals surface area contributed by atoms with Crippen LogP contribution in [0.3, 0.4) is 0 Å². The number of aliphatic hydroxyl groups excluding tert-OH is 6. The first-order chi connectivity index (χ1) is 51.0. The molecule has 36 atom stereocenters. The van der Waals surface area contributed by atoms with Crippen LogP contribution in [0, 0.1) is 0 Å². The molecule has 8 saturated heterocycles. The predicted molar refractivity (Wildman–Crippen MR) is 353 cm³/mol. The number of aliphatic hydroxyl groups is 6. The standard InChI is InChI=1S/C70H110O35/c1-33-47(80-5)55(81-6)54(41(92-33)31-90-27-34-21-17-15-18-22-34)105-70-63(89-14)59(85-10)53(40(98-70)30-79-4)104-69-62(88-13)58(84-9)52(39(97-69)29-78-3)103-68-61(87-12)57(83-8)51(38(96-68)28-77-2)102-67-60(86-11)56(82-7)50(37(26-72)94-67)101-65-45(75)43(73)48(36(25-71)93-65)100-66-46(76)44(74)49-42(95-66)32-91-64(99-49)35-23-19-16-20-24-35/h15-24,33,36-76H,25-32H2,1-14H3/t33-,36+,37?,38?,39+,40+,41?,42-,43?,44?,45?,46?,47?,48+,49?,50-,51-,52+,53+,54-,55+,56-,57-,58?,59?,60?,61?,62?,63?,64?,65+,66+,67-,68-,69+,70+/m0/s1. The summed E-state index contributed by atoms with van der Waals surface area (Å²) < 4.78 is 182. The van der Waals surface area contributed by atoms with Gasteiger partial charge in [0, 0.05) is 98.0 Å². The van der Waals surface area contributed by atoms with Gasteiger partial charge >= 0.3 is 0 Å². The molecule has 35 heteroatoms. The molecule has 35 nitrogen and oxygen atoms in total. The number of hydrogen-bond acceptors (Lipinski definition) is 35. The summed E-state index contributed by atoms with van der Waals surface area (Å²) in [7, 11) is 19.2. The Hall–Kier alpha value is -2.96. The first-order valence-electron chi connectivity index (χ1n) is 35.1. The number of ether oxygens (including phenoxy) is 29. The summed E-state index contributed by atoms with van der Waals surface area (Å²) >= 11 is 0. The Labute approximate surface area is 611 Å².